The van der Waals surface area contributed by atoms with Gasteiger partial charge in [0, 0.05) is 56.3 Å². The van der Waals surface area contributed by atoms with Crippen molar-refractivity contribution in [2.75, 3.05) is 0 Å². The van der Waals surface area contributed by atoms with Gasteiger partial charge in [-0.3, -0.25) is 9.59 Å². The molecule has 0 aromatic heterocycles. The van der Waals surface area contributed by atoms with E-state index in [9.17, 15) is 9.59 Å². The van der Waals surface area contributed by atoms with Crippen molar-refractivity contribution >= 4 is 63.5 Å². The summed E-state index contributed by atoms with van der Waals surface area (Å²) in [6.07, 6.45) is 0. The van der Waals surface area contributed by atoms with Crippen molar-refractivity contribution in [3.63, 3.8) is 0 Å². The van der Waals surface area contributed by atoms with Gasteiger partial charge in [-0.05, 0) is 29.0 Å². The summed E-state index contributed by atoms with van der Waals surface area (Å²) in [5.41, 5.74) is 1.34. The zero-order chi connectivity index (χ0) is 11.7. The molecule has 0 amide bonds. The van der Waals surface area contributed by atoms with Crippen molar-refractivity contribution in [3.05, 3.63) is 47.5 Å². The summed E-state index contributed by atoms with van der Waals surface area (Å²) in [5, 5.41) is 1.81. The second-order valence-electron chi connectivity index (χ2n) is 3.29. The molecule has 0 saturated carbocycles. The third kappa shape index (κ3) is 2.27. The number of hydrogen-bond acceptors (Lipinski definition) is 2. The molecule has 2 aromatic rings. The average Bonchev–Trinajstić information content (AvgIpc) is 2.27. The molecule has 16 heavy (non-hydrogen) atoms. The van der Waals surface area contributed by atoms with Gasteiger partial charge >= 0.3 is 0 Å². The maximum atomic E-state index is 11.4. The summed E-state index contributed by atoms with van der Waals surface area (Å²) in [4.78, 5) is 22.6. The van der Waals surface area contributed by atoms with Gasteiger partial charge in [-0.15, -0.1) is 0 Å². The Bertz CT molecular complexity index is 591. The van der Waals surface area contributed by atoms with E-state index in [-0.39, 0.29) is 7.58 Å². The summed E-state index contributed by atoms with van der Waals surface area (Å²) in [6, 6.07) is 10.9. The van der Waals surface area contributed by atoms with Crippen molar-refractivity contribution < 1.29 is 9.59 Å². The molecule has 0 bridgehead atoms. The maximum absolute atomic E-state index is 11.4. The Morgan fingerprint density at radius 2 is 1.69 bits per heavy atom. The van der Waals surface area contributed by atoms with Crippen LogP contribution in [0.15, 0.2) is 36.4 Å². The predicted octanol–water partition coefficient (Wildman–Crippen LogP) is 3.99. The van der Waals surface area contributed by atoms with Crippen molar-refractivity contribution in [1.82, 2.24) is 0 Å². The fourth-order valence-electron chi connectivity index (χ4n) is 1.58. The zero-order valence-electron chi connectivity index (χ0n) is 8.04. The van der Waals surface area contributed by atoms with E-state index in [0.29, 0.717) is 11.1 Å². The predicted molar refractivity (Wildman–Crippen MR) is 80.6 cm³/mol. The summed E-state index contributed by atoms with van der Waals surface area (Å²) >= 11 is 3.53. The van der Waals surface area contributed by atoms with E-state index < -0.39 is 0 Å². The second kappa shape index (κ2) is 4.79. The zero-order valence-corrected chi connectivity index (χ0v) is 12.4. The van der Waals surface area contributed by atoms with Crippen LogP contribution in [-0.4, -0.2) is 7.58 Å². The van der Waals surface area contributed by atoms with E-state index >= 15 is 0 Å². The molecular formula is C12H6I2O2. The Balaban J connectivity index is 2.73. The smallest absolute Gasteiger partial charge is 0.223 e. The van der Waals surface area contributed by atoms with Crippen molar-refractivity contribution in [1.29, 1.82) is 0 Å². The molecule has 0 atom stereocenters. The second-order valence-corrected chi connectivity index (χ2v) is 5.25. The number of hydrogen-bond donors (Lipinski definition) is 0. The van der Waals surface area contributed by atoms with Crippen LogP contribution in [0, 0.1) is 0 Å². The van der Waals surface area contributed by atoms with E-state index in [2.05, 4.69) is 0 Å². The van der Waals surface area contributed by atoms with Crippen molar-refractivity contribution in [2.24, 2.45) is 0 Å². The van der Waals surface area contributed by atoms with Crippen LogP contribution in [0.3, 0.4) is 0 Å². The Morgan fingerprint density at radius 1 is 0.938 bits per heavy atom. The Morgan fingerprint density at radius 3 is 2.31 bits per heavy atom. The fourth-order valence-corrected chi connectivity index (χ4v) is 2.38. The summed E-state index contributed by atoms with van der Waals surface area (Å²) in [6.45, 7) is 0. The Hall–Kier alpha value is -0.500. The minimum absolute atomic E-state index is 0.00528. The number of fused-ring (bicyclic) bond motifs is 1. The van der Waals surface area contributed by atoms with Gasteiger partial charge in [-0.1, -0.05) is 18.2 Å². The molecule has 0 saturated heterocycles. The maximum Gasteiger partial charge on any atom is 0.223 e. The van der Waals surface area contributed by atoms with Crippen LogP contribution in [-0.2, 0) is 0 Å². The van der Waals surface area contributed by atoms with Gasteiger partial charge in [0.15, 0.2) is 0 Å². The minimum atomic E-state index is 0.00528. The Labute approximate surface area is 120 Å². The topological polar surface area (TPSA) is 34.1 Å². The van der Waals surface area contributed by atoms with Crippen molar-refractivity contribution in [2.45, 2.75) is 0 Å². The monoisotopic (exact) mass is 436 g/mol. The first-order chi connectivity index (χ1) is 7.59. The van der Waals surface area contributed by atoms with Crippen molar-refractivity contribution in [3.8, 4) is 0 Å². The van der Waals surface area contributed by atoms with Crippen LogP contribution >= 0.6 is 45.2 Å². The first-order valence-electron chi connectivity index (χ1n) is 4.52. The average molecular weight is 436 g/mol. The molecule has 0 unspecified atom stereocenters. The first-order valence-corrected chi connectivity index (χ1v) is 6.68. The molecule has 0 aliphatic heterocycles. The van der Waals surface area contributed by atoms with Gasteiger partial charge in [0.1, 0.15) is 0 Å². The molecule has 0 heterocycles. The lowest BCUT2D eigenvalue weighted by Gasteiger charge is -2.03. The van der Waals surface area contributed by atoms with Gasteiger partial charge in [-0.2, -0.15) is 0 Å². The number of carbonyl (C=O) groups is 2. The van der Waals surface area contributed by atoms with Crippen LogP contribution in [0.2, 0.25) is 0 Å². The standard InChI is InChI=1S/C12H6I2O2/c13-11(15)8-4-5-9-7(6-8)2-1-3-10(9)12(14)16/h1-6H. The molecule has 2 nitrogen and oxygen atoms in total. The van der Waals surface area contributed by atoms with E-state index in [1.807, 2.05) is 24.3 Å². The van der Waals surface area contributed by atoms with Crippen LogP contribution in [0.4, 0.5) is 0 Å². The molecule has 4 heteroatoms. The van der Waals surface area contributed by atoms with Gasteiger partial charge in [0.25, 0.3) is 0 Å². The molecule has 80 valence electrons. The molecule has 0 N–H and O–H groups in total. The number of carbonyl (C=O) groups excluding carboxylic acids is 2. The Kier molecular flexibility index (Phi) is 3.58. The molecule has 0 aliphatic rings. The van der Waals surface area contributed by atoms with Gasteiger partial charge in [-0.25, -0.2) is 0 Å². The fraction of sp³-hybridized carbons (Fsp3) is 0. The van der Waals surface area contributed by atoms with Gasteiger partial charge < -0.3 is 0 Å². The van der Waals surface area contributed by atoms with E-state index in [4.69, 9.17) is 0 Å². The van der Waals surface area contributed by atoms with Crippen LogP contribution < -0.4 is 0 Å². The third-order valence-electron chi connectivity index (χ3n) is 2.32. The van der Waals surface area contributed by atoms with Crippen LogP contribution in [0.5, 0.6) is 0 Å². The molecule has 2 rings (SSSR count). The van der Waals surface area contributed by atoms with Crippen LogP contribution in [0.1, 0.15) is 20.7 Å². The highest BCUT2D eigenvalue weighted by Gasteiger charge is 2.08. The molecule has 2 aromatic carbocycles. The lowest BCUT2D eigenvalue weighted by molar-refractivity contribution is 0.110. The van der Waals surface area contributed by atoms with E-state index in [0.717, 1.165) is 10.8 Å². The summed E-state index contributed by atoms with van der Waals surface area (Å²) < 4.78 is 0.0162. The quantitative estimate of drug-likeness (QED) is 0.528. The minimum Gasteiger partial charge on any atom is -0.282 e. The largest absolute Gasteiger partial charge is 0.282 e. The van der Waals surface area contributed by atoms with E-state index in [1.54, 1.807) is 57.3 Å². The van der Waals surface area contributed by atoms with Crippen LogP contribution in [0.25, 0.3) is 10.8 Å². The summed E-state index contributed by atoms with van der Waals surface area (Å²) in [5.74, 6) is 0. The highest BCUT2D eigenvalue weighted by atomic mass is 127. The highest BCUT2D eigenvalue weighted by molar-refractivity contribution is 14.1. The molecular weight excluding hydrogens is 430 g/mol. The number of benzene rings is 2. The summed E-state index contributed by atoms with van der Waals surface area (Å²) in [7, 11) is 0. The lowest BCUT2D eigenvalue weighted by atomic mass is 10.0. The molecule has 0 spiro atoms. The van der Waals surface area contributed by atoms with E-state index in [1.165, 1.54) is 0 Å². The third-order valence-corrected chi connectivity index (χ3v) is 3.52. The number of rotatable bonds is 2. The highest BCUT2D eigenvalue weighted by Crippen LogP contribution is 2.23. The SMILES string of the molecule is O=C(I)c1ccc2c(C(=O)I)cccc2c1. The normalized spacial score (nSPS) is 10.4. The molecule has 0 aliphatic carbocycles. The lowest BCUT2D eigenvalue weighted by Crippen LogP contribution is -1.92. The van der Waals surface area contributed by atoms with Gasteiger partial charge in [0.05, 0.1) is 0 Å². The first kappa shape index (κ1) is 12.0. The number of halogens is 2. The molecule has 0 radical (unpaired) electrons. The van der Waals surface area contributed by atoms with Gasteiger partial charge in [0.2, 0.25) is 7.58 Å². The molecule has 0 fully saturated rings.